The van der Waals surface area contributed by atoms with Gasteiger partial charge in [-0.05, 0) is 25.8 Å². The van der Waals surface area contributed by atoms with Gasteiger partial charge in [0.15, 0.2) is 11.6 Å². The number of rotatable bonds is 9. The summed E-state index contributed by atoms with van der Waals surface area (Å²) in [5.41, 5.74) is 1.80. The summed E-state index contributed by atoms with van der Waals surface area (Å²) in [6, 6.07) is 1.97. The Labute approximate surface area is 137 Å². The van der Waals surface area contributed by atoms with Crippen LogP contribution in [-0.4, -0.2) is 38.6 Å². The van der Waals surface area contributed by atoms with Crippen molar-refractivity contribution < 1.29 is 9.84 Å². The van der Waals surface area contributed by atoms with Gasteiger partial charge in [-0.1, -0.05) is 19.8 Å². The van der Waals surface area contributed by atoms with E-state index in [-0.39, 0.29) is 6.61 Å². The normalized spacial score (nSPS) is 11.0. The maximum atomic E-state index is 9.12. The molecular formula is C17H26N4O2. The van der Waals surface area contributed by atoms with E-state index < -0.39 is 0 Å². The fourth-order valence-electron chi connectivity index (χ4n) is 2.49. The Morgan fingerprint density at radius 2 is 2.09 bits per heavy atom. The number of hydrogen-bond donors (Lipinski definition) is 1. The molecule has 6 heteroatoms. The van der Waals surface area contributed by atoms with E-state index in [1.807, 2.05) is 17.7 Å². The quantitative estimate of drug-likeness (QED) is 0.720. The number of unbranched alkanes of at least 4 members (excludes halogenated alkanes) is 2. The molecule has 2 aromatic rings. The number of ether oxygens (including phenoxy) is 1. The molecular weight excluding hydrogens is 292 g/mol. The van der Waals surface area contributed by atoms with Crippen LogP contribution >= 0.6 is 0 Å². The van der Waals surface area contributed by atoms with E-state index in [1.54, 1.807) is 13.3 Å². The van der Waals surface area contributed by atoms with Gasteiger partial charge in [0.25, 0.3) is 0 Å². The molecule has 0 fully saturated rings. The first-order valence-corrected chi connectivity index (χ1v) is 8.25. The topological polar surface area (TPSA) is 73.1 Å². The summed E-state index contributed by atoms with van der Waals surface area (Å²) in [5.74, 6) is 2.32. The van der Waals surface area contributed by atoms with Crippen molar-refractivity contribution in [2.45, 2.75) is 52.5 Å². The number of aliphatic hydroxyl groups is 1. The number of aliphatic hydroxyl groups excluding tert-OH is 1. The van der Waals surface area contributed by atoms with Gasteiger partial charge in [0.2, 0.25) is 0 Å². The van der Waals surface area contributed by atoms with Crippen molar-refractivity contribution >= 4 is 0 Å². The first-order chi connectivity index (χ1) is 11.2. The van der Waals surface area contributed by atoms with Gasteiger partial charge < -0.3 is 9.84 Å². The van der Waals surface area contributed by atoms with Crippen molar-refractivity contribution in [3.05, 3.63) is 23.8 Å². The molecule has 0 aliphatic heterocycles. The van der Waals surface area contributed by atoms with E-state index in [9.17, 15) is 0 Å². The molecule has 2 aromatic heterocycles. The van der Waals surface area contributed by atoms with E-state index in [0.29, 0.717) is 18.7 Å². The molecule has 0 radical (unpaired) electrons. The Morgan fingerprint density at radius 3 is 2.78 bits per heavy atom. The summed E-state index contributed by atoms with van der Waals surface area (Å²) < 4.78 is 7.30. The molecule has 0 saturated carbocycles. The third kappa shape index (κ3) is 4.51. The molecule has 0 aromatic carbocycles. The van der Waals surface area contributed by atoms with Gasteiger partial charge in [-0.3, -0.25) is 4.98 Å². The summed E-state index contributed by atoms with van der Waals surface area (Å²) in [6.45, 7) is 4.90. The SMILES string of the molecule is CCCCCc1nc(-c2cc(C)ncc2OC)n(CCCO)n1. The lowest BCUT2D eigenvalue weighted by Crippen LogP contribution is -2.06. The molecule has 23 heavy (non-hydrogen) atoms. The first-order valence-electron chi connectivity index (χ1n) is 8.25. The highest BCUT2D eigenvalue weighted by atomic mass is 16.5. The second kappa shape index (κ2) is 8.62. The van der Waals surface area contributed by atoms with Gasteiger partial charge in [-0.15, -0.1) is 0 Å². The van der Waals surface area contributed by atoms with Crippen molar-refractivity contribution in [1.29, 1.82) is 0 Å². The lowest BCUT2D eigenvalue weighted by molar-refractivity contribution is 0.277. The highest BCUT2D eigenvalue weighted by Gasteiger charge is 2.16. The maximum absolute atomic E-state index is 9.12. The molecule has 0 bridgehead atoms. The average Bonchev–Trinajstić information content (AvgIpc) is 2.96. The minimum atomic E-state index is 0.136. The zero-order valence-electron chi connectivity index (χ0n) is 14.2. The van der Waals surface area contributed by atoms with Crippen LogP contribution in [0.15, 0.2) is 12.3 Å². The number of aromatic nitrogens is 4. The molecule has 0 atom stereocenters. The molecule has 6 nitrogen and oxygen atoms in total. The van der Waals surface area contributed by atoms with Crippen LogP contribution in [0.4, 0.5) is 0 Å². The number of pyridine rings is 1. The van der Waals surface area contributed by atoms with Crippen LogP contribution in [0.1, 0.15) is 44.1 Å². The van der Waals surface area contributed by atoms with E-state index in [0.717, 1.165) is 35.7 Å². The Kier molecular flexibility index (Phi) is 6.52. The number of aryl methyl sites for hydroxylation is 3. The molecule has 0 aliphatic rings. The van der Waals surface area contributed by atoms with Crippen LogP contribution in [0.2, 0.25) is 0 Å². The lowest BCUT2D eigenvalue weighted by Gasteiger charge is -2.09. The number of methoxy groups -OCH3 is 1. The molecule has 0 amide bonds. The molecule has 126 valence electrons. The highest BCUT2D eigenvalue weighted by Crippen LogP contribution is 2.29. The second-order valence-electron chi connectivity index (χ2n) is 5.64. The summed E-state index contributed by atoms with van der Waals surface area (Å²) >= 11 is 0. The van der Waals surface area contributed by atoms with Crippen LogP contribution < -0.4 is 4.74 Å². The standard InChI is InChI=1S/C17H26N4O2/c1-4-5-6-8-16-19-17(21(20-16)9-7-10-22)14-11-13(2)18-12-15(14)23-3/h11-12,22H,4-10H2,1-3H3. The first kappa shape index (κ1) is 17.4. The van der Waals surface area contributed by atoms with Crippen molar-refractivity contribution in [3.8, 4) is 17.1 Å². The summed E-state index contributed by atoms with van der Waals surface area (Å²) in [7, 11) is 1.63. The summed E-state index contributed by atoms with van der Waals surface area (Å²) in [6.07, 6.45) is 6.68. The minimum Gasteiger partial charge on any atom is -0.494 e. The van der Waals surface area contributed by atoms with Gasteiger partial charge >= 0.3 is 0 Å². The van der Waals surface area contributed by atoms with Crippen molar-refractivity contribution in [3.63, 3.8) is 0 Å². The summed E-state index contributed by atoms with van der Waals surface area (Å²) in [5, 5.41) is 13.7. The monoisotopic (exact) mass is 318 g/mol. The lowest BCUT2D eigenvalue weighted by atomic mass is 10.2. The average molecular weight is 318 g/mol. The van der Waals surface area contributed by atoms with Crippen molar-refractivity contribution in [1.82, 2.24) is 19.7 Å². The fraction of sp³-hybridized carbons (Fsp3) is 0.588. The molecule has 2 heterocycles. The predicted molar refractivity (Wildman–Crippen MR) is 89.5 cm³/mol. The van der Waals surface area contributed by atoms with Gasteiger partial charge in [0.05, 0.1) is 18.9 Å². The fourth-order valence-corrected chi connectivity index (χ4v) is 2.49. The molecule has 0 unspecified atom stereocenters. The van der Waals surface area contributed by atoms with Crippen LogP contribution in [-0.2, 0) is 13.0 Å². The minimum absolute atomic E-state index is 0.136. The Balaban J connectivity index is 2.36. The highest BCUT2D eigenvalue weighted by molar-refractivity contribution is 5.64. The molecule has 0 spiro atoms. The predicted octanol–water partition coefficient (Wildman–Crippen LogP) is 2.77. The Bertz CT molecular complexity index is 625. The molecule has 2 rings (SSSR count). The molecule has 0 aliphatic carbocycles. The van der Waals surface area contributed by atoms with Crippen molar-refractivity contribution in [2.75, 3.05) is 13.7 Å². The summed E-state index contributed by atoms with van der Waals surface area (Å²) in [4.78, 5) is 8.99. The second-order valence-corrected chi connectivity index (χ2v) is 5.64. The van der Waals surface area contributed by atoms with E-state index in [4.69, 9.17) is 14.8 Å². The van der Waals surface area contributed by atoms with Crippen LogP contribution in [0, 0.1) is 6.92 Å². The van der Waals surface area contributed by atoms with Gasteiger partial charge in [-0.25, -0.2) is 9.67 Å². The van der Waals surface area contributed by atoms with Crippen molar-refractivity contribution in [2.24, 2.45) is 0 Å². The zero-order valence-corrected chi connectivity index (χ0v) is 14.2. The van der Waals surface area contributed by atoms with Crippen LogP contribution in [0.3, 0.4) is 0 Å². The molecule has 0 saturated heterocycles. The Hall–Kier alpha value is -1.95. The van der Waals surface area contributed by atoms with E-state index in [1.165, 1.54) is 12.8 Å². The van der Waals surface area contributed by atoms with Gasteiger partial charge in [-0.2, -0.15) is 5.10 Å². The third-order valence-electron chi connectivity index (χ3n) is 3.71. The third-order valence-corrected chi connectivity index (χ3v) is 3.71. The largest absolute Gasteiger partial charge is 0.494 e. The maximum Gasteiger partial charge on any atom is 0.162 e. The van der Waals surface area contributed by atoms with Crippen LogP contribution in [0.5, 0.6) is 5.75 Å². The Morgan fingerprint density at radius 1 is 1.26 bits per heavy atom. The number of nitrogens with zero attached hydrogens (tertiary/aromatic N) is 4. The molecule has 1 N–H and O–H groups in total. The van der Waals surface area contributed by atoms with Gasteiger partial charge in [0, 0.05) is 25.3 Å². The van der Waals surface area contributed by atoms with Crippen LogP contribution in [0.25, 0.3) is 11.4 Å². The number of hydrogen-bond acceptors (Lipinski definition) is 5. The smallest absolute Gasteiger partial charge is 0.162 e. The van der Waals surface area contributed by atoms with Gasteiger partial charge in [0.1, 0.15) is 5.75 Å². The zero-order chi connectivity index (χ0) is 16.7. The van der Waals surface area contributed by atoms with E-state index in [2.05, 4.69) is 17.0 Å². The van der Waals surface area contributed by atoms with E-state index >= 15 is 0 Å².